The third kappa shape index (κ3) is 2.92. The first-order valence-corrected chi connectivity index (χ1v) is 5.53. The van der Waals surface area contributed by atoms with Gasteiger partial charge in [0.1, 0.15) is 10.4 Å². The van der Waals surface area contributed by atoms with E-state index in [1.807, 2.05) is 18.7 Å². The molecule has 0 bridgehead atoms. The molecule has 1 heterocycles. The third-order valence-corrected chi connectivity index (χ3v) is 2.52. The van der Waals surface area contributed by atoms with Gasteiger partial charge in [-0.15, -0.1) is 0 Å². The van der Waals surface area contributed by atoms with Gasteiger partial charge >= 0.3 is 5.97 Å². The minimum Gasteiger partial charge on any atom is -0.478 e. The minimum absolute atomic E-state index is 0.249. The first kappa shape index (κ1) is 12.0. The third-order valence-electron chi connectivity index (χ3n) is 2.11. The van der Waals surface area contributed by atoms with Gasteiger partial charge in [0.25, 0.3) is 0 Å². The van der Waals surface area contributed by atoms with Gasteiger partial charge in [-0.3, -0.25) is 0 Å². The zero-order valence-electron chi connectivity index (χ0n) is 8.70. The number of aromatic nitrogens is 1. The van der Waals surface area contributed by atoms with E-state index in [1.165, 1.54) is 6.07 Å². The molecule has 0 amide bonds. The predicted octanol–water partition coefficient (Wildman–Crippen LogP) is 2.39. The first-order valence-electron chi connectivity index (χ1n) is 4.74. The zero-order chi connectivity index (χ0) is 11.4. The zero-order valence-corrected chi connectivity index (χ0v) is 10.3. The highest BCUT2D eigenvalue weighted by Gasteiger charge is 2.10. The van der Waals surface area contributed by atoms with Crippen molar-refractivity contribution in [1.82, 2.24) is 4.98 Å². The lowest BCUT2D eigenvalue weighted by Crippen LogP contribution is -2.23. The van der Waals surface area contributed by atoms with E-state index in [4.69, 9.17) is 5.11 Å². The van der Waals surface area contributed by atoms with Crippen molar-refractivity contribution in [3.8, 4) is 0 Å². The number of aromatic carboxylic acids is 1. The van der Waals surface area contributed by atoms with Gasteiger partial charge in [0.2, 0.25) is 0 Å². The van der Waals surface area contributed by atoms with Crippen LogP contribution in [-0.2, 0) is 0 Å². The van der Waals surface area contributed by atoms with Crippen LogP contribution in [0.4, 0.5) is 5.82 Å². The number of pyridine rings is 1. The molecule has 0 atom stereocenters. The van der Waals surface area contributed by atoms with Crippen molar-refractivity contribution in [2.75, 3.05) is 18.0 Å². The van der Waals surface area contributed by atoms with Gasteiger partial charge in [-0.2, -0.15) is 0 Å². The standard InChI is InChI=1S/C10H13BrN2O2/c1-3-13(4-2)9-6-7(10(14)15)5-8(11)12-9/h5-6H,3-4H2,1-2H3,(H,14,15). The van der Waals surface area contributed by atoms with Crippen LogP contribution < -0.4 is 4.90 Å². The van der Waals surface area contributed by atoms with Crippen LogP contribution in [0.5, 0.6) is 0 Å². The molecule has 0 aliphatic carbocycles. The molecule has 0 unspecified atom stereocenters. The van der Waals surface area contributed by atoms with Gasteiger partial charge in [0, 0.05) is 13.1 Å². The molecular formula is C10H13BrN2O2. The molecule has 0 saturated heterocycles. The molecule has 1 aromatic heterocycles. The number of anilines is 1. The Morgan fingerprint density at radius 2 is 2.07 bits per heavy atom. The first-order chi connectivity index (χ1) is 7.08. The van der Waals surface area contributed by atoms with Crippen LogP contribution in [0.25, 0.3) is 0 Å². The highest BCUT2D eigenvalue weighted by molar-refractivity contribution is 9.10. The van der Waals surface area contributed by atoms with Crippen molar-refractivity contribution in [2.24, 2.45) is 0 Å². The quantitative estimate of drug-likeness (QED) is 0.856. The maximum absolute atomic E-state index is 10.8. The SMILES string of the molecule is CCN(CC)c1cc(C(=O)O)cc(Br)n1. The second-order valence-corrected chi connectivity index (χ2v) is 3.83. The lowest BCUT2D eigenvalue weighted by atomic mass is 10.2. The molecule has 5 heteroatoms. The molecule has 0 aliphatic heterocycles. The predicted molar refractivity (Wildman–Crippen MR) is 62.5 cm³/mol. The maximum Gasteiger partial charge on any atom is 0.335 e. The summed E-state index contributed by atoms with van der Waals surface area (Å²) >= 11 is 3.21. The van der Waals surface area contributed by atoms with Gasteiger partial charge < -0.3 is 10.0 Å². The molecule has 0 aliphatic rings. The molecule has 0 spiro atoms. The Morgan fingerprint density at radius 1 is 1.47 bits per heavy atom. The number of carboxylic acid groups (broad SMARTS) is 1. The fraction of sp³-hybridized carbons (Fsp3) is 0.400. The molecule has 0 saturated carbocycles. The molecule has 4 nitrogen and oxygen atoms in total. The molecule has 0 aromatic carbocycles. The average Bonchev–Trinajstić information content (AvgIpc) is 2.18. The summed E-state index contributed by atoms with van der Waals surface area (Å²) in [7, 11) is 0. The molecule has 1 aromatic rings. The molecule has 0 radical (unpaired) electrons. The van der Waals surface area contributed by atoms with E-state index < -0.39 is 5.97 Å². The van der Waals surface area contributed by atoms with E-state index in [2.05, 4.69) is 20.9 Å². The van der Waals surface area contributed by atoms with Gasteiger partial charge in [-0.1, -0.05) is 0 Å². The summed E-state index contributed by atoms with van der Waals surface area (Å²) in [5.41, 5.74) is 0.249. The van der Waals surface area contributed by atoms with E-state index in [1.54, 1.807) is 6.07 Å². The van der Waals surface area contributed by atoms with Crippen LogP contribution in [0.3, 0.4) is 0 Å². The molecule has 1 rings (SSSR count). The largest absolute Gasteiger partial charge is 0.478 e. The van der Waals surface area contributed by atoms with Gasteiger partial charge in [0.15, 0.2) is 0 Å². The summed E-state index contributed by atoms with van der Waals surface area (Å²) in [5.74, 6) is -0.252. The molecule has 15 heavy (non-hydrogen) atoms. The molecule has 1 N–H and O–H groups in total. The monoisotopic (exact) mass is 272 g/mol. The van der Waals surface area contributed by atoms with Crippen LogP contribution in [0.2, 0.25) is 0 Å². The fourth-order valence-corrected chi connectivity index (χ4v) is 1.74. The van der Waals surface area contributed by atoms with Gasteiger partial charge in [-0.05, 0) is 41.9 Å². The fourth-order valence-electron chi connectivity index (χ4n) is 1.32. The van der Waals surface area contributed by atoms with E-state index in [0.29, 0.717) is 10.4 Å². The Labute approximate surface area is 97.1 Å². The van der Waals surface area contributed by atoms with Crippen molar-refractivity contribution < 1.29 is 9.90 Å². The Kier molecular flexibility index (Phi) is 4.08. The smallest absolute Gasteiger partial charge is 0.335 e. The normalized spacial score (nSPS) is 10.1. The second kappa shape index (κ2) is 5.11. The Bertz CT molecular complexity index is 364. The van der Waals surface area contributed by atoms with Crippen LogP contribution in [0.15, 0.2) is 16.7 Å². The lowest BCUT2D eigenvalue weighted by Gasteiger charge is -2.20. The number of hydrogen-bond donors (Lipinski definition) is 1. The summed E-state index contributed by atoms with van der Waals surface area (Å²) in [6.07, 6.45) is 0. The van der Waals surface area contributed by atoms with E-state index >= 15 is 0 Å². The van der Waals surface area contributed by atoms with Crippen molar-refractivity contribution in [3.63, 3.8) is 0 Å². The average molecular weight is 273 g/mol. The summed E-state index contributed by atoms with van der Waals surface area (Å²) in [4.78, 5) is 17.1. The highest BCUT2D eigenvalue weighted by atomic mass is 79.9. The van der Waals surface area contributed by atoms with Crippen LogP contribution >= 0.6 is 15.9 Å². The number of rotatable bonds is 4. The summed E-state index contributed by atoms with van der Waals surface area (Å²) in [5, 5.41) is 8.89. The topological polar surface area (TPSA) is 53.4 Å². The second-order valence-electron chi connectivity index (χ2n) is 3.01. The lowest BCUT2D eigenvalue weighted by molar-refractivity contribution is 0.0696. The minimum atomic E-state index is -0.938. The van der Waals surface area contributed by atoms with Gasteiger partial charge in [0.05, 0.1) is 5.56 Å². The molecular weight excluding hydrogens is 260 g/mol. The van der Waals surface area contributed by atoms with E-state index in [9.17, 15) is 4.79 Å². The number of nitrogens with zero attached hydrogens (tertiary/aromatic N) is 2. The summed E-state index contributed by atoms with van der Waals surface area (Å²) in [6, 6.07) is 3.08. The number of halogens is 1. The van der Waals surface area contributed by atoms with Crippen molar-refractivity contribution >= 4 is 27.7 Å². The Morgan fingerprint density at radius 3 is 2.53 bits per heavy atom. The van der Waals surface area contributed by atoms with Crippen LogP contribution in [-0.4, -0.2) is 29.1 Å². The Balaban J connectivity index is 3.13. The molecule has 0 fully saturated rings. The number of hydrogen-bond acceptors (Lipinski definition) is 3. The van der Waals surface area contributed by atoms with E-state index in [-0.39, 0.29) is 5.56 Å². The number of carbonyl (C=O) groups is 1. The van der Waals surface area contributed by atoms with Crippen LogP contribution in [0, 0.1) is 0 Å². The van der Waals surface area contributed by atoms with Gasteiger partial charge in [-0.25, -0.2) is 9.78 Å². The van der Waals surface area contributed by atoms with Crippen molar-refractivity contribution in [1.29, 1.82) is 0 Å². The maximum atomic E-state index is 10.8. The van der Waals surface area contributed by atoms with Crippen LogP contribution in [0.1, 0.15) is 24.2 Å². The number of carboxylic acids is 1. The summed E-state index contributed by atoms with van der Waals surface area (Å²) < 4.78 is 0.546. The Hall–Kier alpha value is -1.10. The van der Waals surface area contributed by atoms with Crippen molar-refractivity contribution in [3.05, 3.63) is 22.3 Å². The van der Waals surface area contributed by atoms with Crippen molar-refractivity contribution in [2.45, 2.75) is 13.8 Å². The van der Waals surface area contributed by atoms with E-state index in [0.717, 1.165) is 13.1 Å². The summed E-state index contributed by atoms with van der Waals surface area (Å²) in [6.45, 7) is 5.62. The molecule has 82 valence electrons. The highest BCUT2D eigenvalue weighted by Crippen LogP contribution is 2.18.